The summed E-state index contributed by atoms with van der Waals surface area (Å²) in [4.78, 5) is 11.4. The molecule has 0 saturated carbocycles. The minimum absolute atomic E-state index is 0.169. The summed E-state index contributed by atoms with van der Waals surface area (Å²) >= 11 is 0. The summed E-state index contributed by atoms with van der Waals surface area (Å²) in [6, 6.07) is 0. The molecule has 0 bridgehead atoms. The van der Waals surface area contributed by atoms with Crippen LogP contribution in [0.25, 0.3) is 0 Å². The van der Waals surface area contributed by atoms with E-state index in [9.17, 15) is 13.2 Å². The number of sulfone groups is 1. The van der Waals surface area contributed by atoms with Crippen LogP contribution in [0.5, 0.6) is 0 Å². The maximum atomic E-state index is 11.7. The van der Waals surface area contributed by atoms with Gasteiger partial charge in [0.2, 0.25) is 5.91 Å². The first-order valence-corrected chi connectivity index (χ1v) is 6.27. The van der Waals surface area contributed by atoms with Crippen molar-refractivity contribution in [2.75, 3.05) is 5.75 Å². The Balaban J connectivity index is 2.58. The third-order valence-electron chi connectivity index (χ3n) is 2.31. The first-order chi connectivity index (χ1) is 6.99. The first-order valence-electron chi connectivity index (χ1n) is 4.62. The molecule has 1 atom stereocenters. The largest absolute Gasteiger partial charge is 0.324 e. The van der Waals surface area contributed by atoms with E-state index in [0.717, 1.165) is 0 Å². The van der Waals surface area contributed by atoms with Gasteiger partial charge in [-0.05, 0) is 18.1 Å². The zero-order chi connectivity index (χ0) is 11.1. The summed E-state index contributed by atoms with van der Waals surface area (Å²) in [6.07, 6.45) is 6.86. The summed E-state index contributed by atoms with van der Waals surface area (Å²) < 4.78 is 23.4. The molecule has 1 heterocycles. The maximum absolute atomic E-state index is 11.7. The summed E-state index contributed by atoms with van der Waals surface area (Å²) in [5.41, 5.74) is 0.381. The van der Waals surface area contributed by atoms with E-state index in [1.165, 1.54) is 0 Å². The minimum atomic E-state index is -3.45. The molecule has 0 fully saturated rings. The Hall–Kier alpha value is -1.36. The van der Waals surface area contributed by atoms with Crippen LogP contribution in [0.15, 0.2) is 34.9 Å². The molecule has 1 N–H and O–H groups in total. The predicted octanol–water partition coefficient (Wildman–Crippen LogP) is 0.505. The van der Waals surface area contributed by atoms with Crippen molar-refractivity contribution >= 4 is 15.7 Å². The van der Waals surface area contributed by atoms with Crippen molar-refractivity contribution in [3.8, 4) is 0 Å². The molecule has 2 rings (SSSR count). The van der Waals surface area contributed by atoms with Crippen LogP contribution in [0.3, 0.4) is 0 Å². The molecule has 15 heavy (non-hydrogen) atoms. The van der Waals surface area contributed by atoms with Crippen LogP contribution in [0, 0.1) is 5.92 Å². The Kier molecular flexibility index (Phi) is 2.26. The lowest BCUT2D eigenvalue weighted by Gasteiger charge is -2.16. The van der Waals surface area contributed by atoms with Crippen molar-refractivity contribution in [3.63, 3.8) is 0 Å². The normalized spacial score (nSPS) is 28.3. The third-order valence-corrected chi connectivity index (χ3v) is 3.98. The highest BCUT2D eigenvalue weighted by Gasteiger charge is 2.29. The molecule has 1 unspecified atom stereocenters. The Morgan fingerprint density at radius 1 is 1.33 bits per heavy atom. The Morgan fingerprint density at radius 3 is 2.73 bits per heavy atom. The molecule has 0 spiro atoms. The van der Waals surface area contributed by atoms with Gasteiger partial charge in [0.25, 0.3) is 0 Å². The van der Waals surface area contributed by atoms with Gasteiger partial charge >= 0.3 is 0 Å². The molecular weight excluding hydrogens is 214 g/mol. The van der Waals surface area contributed by atoms with Crippen molar-refractivity contribution in [1.82, 2.24) is 5.32 Å². The molecule has 1 amide bonds. The van der Waals surface area contributed by atoms with Crippen LogP contribution in [0.4, 0.5) is 0 Å². The number of hydrogen-bond acceptors (Lipinski definition) is 3. The van der Waals surface area contributed by atoms with Crippen LogP contribution >= 0.6 is 0 Å². The van der Waals surface area contributed by atoms with Crippen LogP contribution in [-0.4, -0.2) is 20.1 Å². The van der Waals surface area contributed by atoms with Gasteiger partial charge in [0.15, 0.2) is 9.84 Å². The quantitative estimate of drug-likeness (QED) is 0.653. The molecule has 0 aromatic carbocycles. The molecular formula is C10H11NO3S. The van der Waals surface area contributed by atoms with E-state index in [0.29, 0.717) is 5.70 Å². The van der Waals surface area contributed by atoms with Crippen molar-refractivity contribution in [2.45, 2.75) is 6.92 Å². The van der Waals surface area contributed by atoms with Gasteiger partial charge in [0.1, 0.15) is 5.75 Å². The van der Waals surface area contributed by atoms with Crippen molar-refractivity contribution in [2.24, 2.45) is 5.92 Å². The average molecular weight is 225 g/mol. The van der Waals surface area contributed by atoms with Crippen molar-refractivity contribution < 1.29 is 13.2 Å². The number of allylic oxidation sites excluding steroid dienone is 4. The summed E-state index contributed by atoms with van der Waals surface area (Å²) in [6.45, 7) is 1.94. The number of amides is 1. The van der Waals surface area contributed by atoms with E-state index in [1.807, 2.05) is 13.0 Å². The fourth-order valence-electron chi connectivity index (χ4n) is 1.53. The lowest BCUT2D eigenvalue weighted by molar-refractivity contribution is -0.117. The van der Waals surface area contributed by atoms with Crippen LogP contribution in [0.1, 0.15) is 6.92 Å². The zero-order valence-electron chi connectivity index (χ0n) is 8.23. The van der Waals surface area contributed by atoms with Crippen molar-refractivity contribution in [3.05, 3.63) is 34.9 Å². The van der Waals surface area contributed by atoms with E-state index >= 15 is 0 Å². The van der Waals surface area contributed by atoms with E-state index in [4.69, 9.17) is 0 Å². The van der Waals surface area contributed by atoms with Gasteiger partial charge in [-0.25, -0.2) is 8.42 Å². The van der Waals surface area contributed by atoms with Gasteiger partial charge in [-0.1, -0.05) is 19.1 Å². The molecule has 1 aliphatic heterocycles. The van der Waals surface area contributed by atoms with Crippen LogP contribution < -0.4 is 5.32 Å². The fourth-order valence-corrected chi connectivity index (χ4v) is 2.85. The molecule has 80 valence electrons. The Labute approximate surface area is 88.3 Å². The van der Waals surface area contributed by atoms with Crippen molar-refractivity contribution in [1.29, 1.82) is 0 Å². The van der Waals surface area contributed by atoms with E-state index in [2.05, 4.69) is 5.32 Å². The van der Waals surface area contributed by atoms with Gasteiger partial charge in [0, 0.05) is 0 Å². The second kappa shape index (κ2) is 3.34. The number of hydrogen-bond donors (Lipinski definition) is 1. The smallest absolute Gasteiger partial charge is 0.239 e. The molecule has 0 aromatic heterocycles. The first kappa shape index (κ1) is 10.2. The highest BCUT2D eigenvalue weighted by molar-refractivity contribution is 7.96. The molecule has 2 aliphatic rings. The molecule has 4 nitrogen and oxygen atoms in total. The van der Waals surface area contributed by atoms with Crippen LogP contribution in [-0.2, 0) is 14.6 Å². The highest BCUT2D eigenvalue weighted by atomic mass is 32.2. The van der Waals surface area contributed by atoms with Gasteiger partial charge < -0.3 is 5.32 Å². The second-order valence-corrected chi connectivity index (χ2v) is 5.62. The maximum Gasteiger partial charge on any atom is 0.239 e. The van der Waals surface area contributed by atoms with E-state index in [-0.39, 0.29) is 10.8 Å². The Morgan fingerprint density at radius 2 is 2.00 bits per heavy atom. The molecule has 0 radical (unpaired) electrons. The number of carbonyl (C=O) groups is 1. The van der Waals surface area contributed by atoms with Gasteiger partial charge in [0.05, 0.1) is 10.6 Å². The number of rotatable bonds is 0. The zero-order valence-corrected chi connectivity index (χ0v) is 9.04. The molecule has 0 saturated heterocycles. The van der Waals surface area contributed by atoms with E-state index in [1.54, 1.807) is 18.2 Å². The Bertz CT molecular complexity index is 497. The second-order valence-electron chi connectivity index (χ2n) is 3.66. The standard InChI is InChI=1S/C10H11NO3S/c1-7-2-4-8-9(5-3-7)15(13,14)6-10(12)11-8/h2-5,7H,6H2,1H3,(H,11,12). The number of nitrogens with one attached hydrogen (secondary N) is 1. The fraction of sp³-hybridized carbons (Fsp3) is 0.300. The van der Waals surface area contributed by atoms with Gasteiger partial charge in [-0.2, -0.15) is 0 Å². The lowest BCUT2D eigenvalue weighted by atomic mass is 10.2. The summed E-state index contributed by atoms with van der Waals surface area (Å²) in [5, 5.41) is 2.56. The monoisotopic (exact) mass is 225 g/mol. The topological polar surface area (TPSA) is 63.2 Å². The van der Waals surface area contributed by atoms with E-state index < -0.39 is 21.5 Å². The number of carbonyl (C=O) groups excluding carboxylic acids is 1. The van der Waals surface area contributed by atoms with Gasteiger partial charge in [-0.15, -0.1) is 0 Å². The van der Waals surface area contributed by atoms with Crippen LogP contribution in [0.2, 0.25) is 0 Å². The third kappa shape index (κ3) is 1.87. The molecule has 1 aliphatic carbocycles. The SMILES string of the molecule is CC1C=CC2=C(C=C1)S(=O)(=O)CC(=O)N2. The predicted molar refractivity (Wildman–Crippen MR) is 56.4 cm³/mol. The lowest BCUT2D eigenvalue weighted by Crippen LogP contribution is -2.36. The molecule has 0 aromatic rings. The molecule has 5 heteroatoms. The highest BCUT2D eigenvalue weighted by Crippen LogP contribution is 2.22. The summed E-state index contributed by atoms with van der Waals surface area (Å²) in [7, 11) is -3.45. The average Bonchev–Trinajstić information content (AvgIpc) is 2.27. The minimum Gasteiger partial charge on any atom is -0.324 e. The van der Waals surface area contributed by atoms with Gasteiger partial charge in [-0.3, -0.25) is 4.79 Å². The summed E-state index contributed by atoms with van der Waals surface area (Å²) in [5.74, 6) is -0.762.